The Bertz CT molecular complexity index is 969. The van der Waals surface area contributed by atoms with Gasteiger partial charge in [-0.1, -0.05) is 32.4 Å². The van der Waals surface area contributed by atoms with Crippen molar-refractivity contribution in [2.45, 2.75) is 104 Å². The van der Waals surface area contributed by atoms with Crippen molar-refractivity contribution < 1.29 is 14.7 Å². The second kappa shape index (κ2) is 9.10. The molecule has 6 aliphatic rings. The van der Waals surface area contributed by atoms with Crippen LogP contribution in [0.15, 0.2) is 11.6 Å². The number of hydrogen-bond donors (Lipinski definition) is 1. The van der Waals surface area contributed by atoms with Crippen LogP contribution in [-0.2, 0) is 9.59 Å². The maximum atomic E-state index is 13.1. The van der Waals surface area contributed by atoms with Gasteiger partial charge in [-0.05, 0) is 105 Å². The molecular weight excluding hydrogens is 460 g/mol. The van der Waals surface area contributed by atoms with E-state index in [0.717, 1.165) is 82.0 Å². The molecule has 1 spiro atoms. The number of fused-ring (bicyclic) bond motifs is 5. The van der Waals surface area contributed by atoms with E-state index in [1.165, 1.54) is 32.1 Å². The van der Waals surface area contributed by atoms with Crippen molar-refractivity contribution in [2.75, 3.05) is 26.2 Å². The van der Waals surface area contributed by atoms with Gasteiger partial charge in [-0.3, -0.25) is 9.59 Å². The van der Waals surface area contributed by atoms with E-state index in [1.807, 2.05) is 4.90 Å². The Kier molecular flexibility index (Phi) is 6.37. The van der Waals surface area contributed by atoms with Crippen LogP contribution in [0.3, 0.4) is 0 Å². The SMILES string of the molecule is CC(=O)N1CCC2(C1)CN(C(=O)CC[C@@H](C)[C@H]1CC[C@H]3[C@@H]4CC=C5C[C@@H](O)CC[C@]5(C)[C@H]4CC[C@]13C)C2. The molecule has 0 bridgehead atoms. The average Bonchev–Trinajstić information content (AvgIpc) is 3.44. The summed E-state index contributed by atoms with van der Waals surface area (Å²) in [6.45, 7) is 12.6. The number of amides is 2. The first-order chi connectivity index (χ1) is 17.5. The van der Waals surface area contributed by atoms with Gasteiger partial charge in [0.15, 0.2) is 0 Å². The highest BCUT2D eigenvalue weighted by Crippen LogP contribution is 2.67. The lowest BCUT2D eigenvalue weighted by atomic mass is 9.47. The topological polar surface area (TPSA) is 60.9 Å². The number of allylic oxidation sites excluding steroid dienone is 1. The smallest absolute Gasteiger partial charge is 0.222 e. The number of likely N-dealkylation sites (tertiary alicyclic amines) is 2. The maximum absolute atomic E-state index is 13.1. The third-order valence-electron chi connectivity index (χ3n) is 12.9. The minimum absolute atomic E-state index is 0.126. The molecule has 5 heteroatoms. The minimum atomic E-state index is -0.126. The second-order valence-electron chi connectivity index (χ2n) is 14.8. The summed E-state index contributed by atoms with van der Waals surface area (Å²) < 4.78 is 0. The standard InChI is InChI=1S/C32H50N2O3/c1-21(5-10-29(37)34-19-32(20-34)15-16-33(18-32)22(2)35)26-8-9-27-25-7-6-23-17-24(36)11-13-30(23,3)28(25)12-14-31(26,27)4/h6,21,24-28,36H,5,7-20H2,1-4H3/t21-,24+,25+,26-,27+,28+,30+,31-/m1/s1. The lowest BCUT2D eigenvalue weighted by Gasteiger charge is -2.58. The summed E-state index contributed by atoms with van der Waals surface area (Å²) in [4.78, 5) is 28.8. The number of carbonyl (C=O) groups is 2. The summed E-state index contributed by atoms with van der Waals surface area (Å²) in [5, 5.41) is 10.3. The van der Waals surface area contributed by atoms with Gasteiger partial charge in [0, 0.05) is 44.9 Å². The van der Waals surface area contributed by atoms with Crippen LogP contribution >= 0.6 is 0 Å². The Morgan fingerprint density at radius 1 is 1.03 bits per heavy atom. The molecule has 0 radical (unpaired) electrons. The highest BCUT2D eigenvalue weighted by Gasteiger charge is 2.59. The van der Waals surface area contributed by atoms with E-state index < -0.39 is 0 Å². The van der Waals surface area contributed by atoms with E-state index in [9.17, 15) is 14.7 Å². The molecule has 2 aliphatic heterocycles. The summed E-state index contributed by atoms with van der Waals surface area (Å²) >= 11 is 0. The van der Waals surface area contributed by atoms with Crippen LogP contribution in [0.1, 0.15) is 98.3 Å². The van der Waals surface area contributed by atoms with Crippen LogP contribution in [0.4, 0.5) is 0 Å². The lowest BCUT2D eigenvalue weighted by Crippen LogP contribution is -2.59. The van der Waals surface area contributed by atoms with E-state index in [1.54, 1.807) is 12.5 Å². The van der Waals surface area contributed by atoms with Gasteiger partial charge >= 0.3 is 0 Å². The van der Waals surface area contributed by atoms with Gasteiger partial charge in [-0.15, -0.1) is 0 Å². The number of aliphatic hydroxyl groups excluding tert-OH is 1. The quantitative estimate of drug-likeness (QED) is 0.514. The number of nitrogens with zero attached hydrogens (tertiary/aromatic N) is 2. The zero-order valence-corrected chi connectivity index (χ0v) is 23.8. The van der Waals surface area contributed by atoms with Crippen LogP contribution in [0.2, 0.25) is 0 Å². The Hall–Kier alpha value is -1.36. The van der Waals surface area contributed by atoms with Gasteiger partial charge in [0.1, 0.15) is 0 Å². The molecule has 4 aliphatic carbocycles. The molecule has 0 aromatic rings. The number of hydrogen-bond acceptors (Lipinski definition) is 3. The molecule has 1 N–H and O–H groups in total. The normalized spacial score (nSPS) is 42.9. The maximum Gasteiger partial charge on any atom is 0.222 e. The van der Waals surface area contributed by atoms with Crippen molar-refractivity contribution in [3.8, 4) is 0 Å². The fraction of sp³-hybridized carbons (Fsp3) is 0.875. The van der Waals surface area contributed by atoms with Crippen molar-refractivity contribution in [2.24, 2.45) is 45.8 Å². The van der Waals surface area contributed by atoms with E-state index in [0.29, 0.717) is 29.1 Å². The molecule has 5 fully saturated rings. The summed E-state index contributed by atoms with van der Waals surface area (Å²) in [5.41, 5.74) is 2.48. The molecule has 0 aromatic heterocycles. The molecule has 2 saturated heterocycles. The van der Waals surface area contributed by atoms with Crippen LogP contribution in [0.25, 0.3) is 0 Å². The summed E-state index contributed by atoms with van der Waals surface area (Å²) in [6.07, 6.45) is 14.8. The van der Waals surface area contributed by atoms with Crippen molar-refractivity contribution in [3.63, 3.8) is 0 Å². The molecule has 0 unspecified atom stereocenters. The molecule has 3 saturated carbocycles. The van der Waals surface area contributed by atoms with E-state index in [2.05, 4.69) is 31.7 Å². The number of aliphatic hydroxyl groups is 1. The first-order valence-electron chi connectivity index (χ1n) is 15.5. The van der Waals surface area contributed by atoms with Gasteiger partial charge in [0.05, 0.1) is 6.10 Å². The van der Waals surface area contributed by atoms with Crippen molar-refractivity contribution in [3.05, 3.63) is 11.6 Å². The summed E-state index contributed by atoms with van der Waals surface area (Å²) in [7, 11) is 0. The third-order valence-corrected chi connectivity index (χ3v) is 12.9. The van der Waals surface area contributed by atoms with Crippen LogP contribution in [0, 0.1) is 45.8 Å². The monoisotopic (exact) mass is 510 g/mol. The molecule has 6 rings (SSSR count). The molecule has 0 aromatic carbocycles. The van der Waals surface area contributed by atoms with Gasteiger partial charge in [0.25, 0.3) is 0 Å². The van der Waals surface area contributed by atoms with Gasteiger partial charge in [0.2, 0.25) is 11.8 Å². The van der Waals surface area contributed by atoms with Crippen molar-refractivity contribution >= 4 is 11.8 Å². The molecule has 2 amide bonds. The predicted molar refractivity (Wildman–Crippen MR) is 145 cm³/mol. The lowest BCUT2D eigenvalue weighted by molar-refractivity contribution is -0.143. The highest BCUT2D eigenvalue weighted by molar-refractivity contribution is 5.77. The molecule has 5 nitrogen and oxygen atoms in total. The van der Waals surface area contributed by atoms with E-state index in [4.69, 9.17) is 0 Å². The molecule has 206 valence electrons. The first-order valence-corrected chi connectivity index (χ1v) is 15.5. The van der Waals surface area contributed by atoms with Crippen LogP contribution < -0.4 is 0 Å². The van der Waals surface area contributed by atoms with Crippen molar-refractivity contribution in [1.82, 2.24) is 9.80 Å². The molecule has 37 heavy (non-hydrogen) atoms. The summed E-state index contributed by atoms with van der Waals surface area (Å²) in [6, 6.07) is 0. The molecule has 2 heterocycles. The zero-order valence-electron chi connectivity index (χ0n) is 23.8. The third kappa shape index (κ3) is 4.12. The van der Waals surface area contributed by atoms with E-state index in [-0.39, 0.29) is 17.4 Å². The largest absolute Gasteiger partial charge is 0.393 e. The van der Waals surface area contributed by atoms with Crippen LogP contribution in [-0.4, -0.2) is 59.0 Å². The van der Waals surface area contributed by atoms with E-state index >= 15 is 0 Å². The first kappa shape index (κ1) is 25.9. The highest BCUT2D eigenvalue weighted by atomic mass is 16.3. The summed E-state index contributed by atoms with van der Waals surface area (Å²) in [5.74, 6) is 4.25. The number of carbonyl (C=O) groups excluding carboxylic acids is 2. The van der Waals surface area contributed by atoms with Gasteiger partial charge < -0.3 is 14.9 Å². The average molecular weight is 511 g/mol. The fourth-order valence-corrected chi connectivity index (χ4v) is 10.7. The Morgan fingerprint density at radius 3 is 2.51 bits per heavy atom. The van der Waals surface area contributed by atoms with Gasteiger partial charge in [-0.2, -0.15) is 0 Å². The number of rotatable bonds is 4. The van der Waals surface area contributed by atoms with Crippen LogP contribution in [0.5, 0.6) is 0 Å². The Morgan fingerprint density at radius 2 is 1.78 bits per heavy atom. The predicted octanol–water partition coefficient (Wildman–Crippen LogP) is 5.42. The van der Waals surface area contributed by atoms with Gasteiger partial charge in [-0.25, -0.2) is 0 Å². The second-order valence-corrected chi connectivity index (χ2v) is 14.8. The Balaban J connectivity index is 1.05. The zero-order chi connectivity index (χ0) is 26.2. The molecule has 8 atom stereocenters. The minimum Gasteiger partial charge on any atom is -0.393 e. The Labute approximate surface area is 224 Å². The fourth-order valence-electron chi connectivity index (χ4n) is 10.7. The van der Waals surface area contributed by atoms with Crippen molar-refractivity contribution in [1.29, 1.82) is 0 Å². The molecular formula is C32H50N2O3.